The molecule has 0 saturated heterocycles. The number of ketones is 1. The van der Waals surface area contributed by atoms with E-state index >= 15 is 0 Å². The second-order valence-corrected chi connectivity index (χ2v) is 5.43. The van der Waals surface area contributed by atoms with Crippen LogP contribution < -0.4 is 0 Å². The summed E-state index contributed by atoms with van der Waals surface area (Å²) in [4.78, 5) is 22.6. The average molecular weight is 283 g/mol. The van der Waals surface area contributed by atoms with Crippen LogP contribution in [-0.2, 0) is 16.0 Å². The number of carbonyl (C=O) groups is 2. The molecule has 1 aromatic carbocycles. The van der Waals surface area contributed by atoms with Crippen LogP contribution in [0.25, 0.3) is 0 Å². The van der Waals surface area contributed by atoms with Gasteiger partial charge in [-0.1, -0.05) is 29.3 Å². The van der Waals surface area contributed by atoms with E-state index in [1.165, 1.54) is 0 Å². The van der Waals surface area contributed by atoms with Crippen molar-refractivity contribution < 1.29 is 19.4 Å². The number of alkyl halides is 1. The van der Waals surface area contributed by atoms with Crippen molar-refractivity contribution >= 4 is 23.4 Å². The Morgan fingerprint density at radius 1 is 1.47 bits per heavy atom. The number of benzene rings is 1. The van der Waals surface area contributed by atoms with Gasteiger partial charge in [-0.15, -0.1) is 0 Å². The van der Waals surface area contributed by atoms with Crippen LogP contribution in [0.3, 0.4) is 0 Å². The van der Waals surface area contributed by atoms with Crippen LogP contribution >= 0.6 is 11.6 Å². The van der Waals surface area contributed by atoms with E-state index in [9.17, 15) is 9.59 Å². The van der Waals surface area contributed by atoms with Gasteiger partial charge in [-0.25, -0.2) is 4.79 Å². The molecule has 1 unspecified atom stereocenters. The van der Waals surface area contributed by atoms with Crippen LogP contribution in [0.4, 0.5) is 0 Å². The normalized spacial score (nSPS) is 21.4. The third-order valence-electron chi connectivity index (χ3n) is 3.23. The third-order valence-corrected chi connectivity index (χ3v) is 3.69. The molecule has 1 atom stereocenters. The van der Waals surface area contributed by atoms with E-state index < -0.39 is 16.6 Å². The Balaban J connectivity index is 2.37. The molecule has 0 fully saturated rings. The maximum absolute atomic E-state index is 12.4. The first-order valence-electron chi connectivity index (χ1n) is 6.02. The zero-order chi connectivity index (χ0) is 14.2. The highest BCUT2D eigenvalue weighted by molar-refractivity contribution is 6.49. The number of rotatable bonds is 3. The summed E-state index contributed by atoms with van der Waals surface area (Å²) in [6, 6.07) is 3.75. The first-order chi connectivity index (χ1) is 8.90. The van der Waals surface area contributed by atoms with E-state index in [2.05, 4.69) is 0 Å². The summed E-state index contributed by atoms with van der Waals surface area (Å²) in [6.07, 6.45) is 0.134. The molecule has 0 amide bonds. The molecule has 4 nitrogen and oxygen atoms in total. The zero-order valence-electron chi connectivity index (χ0n) is 10.8. The van der Waals surface area contributed by atoms with Crippen LogP contribution in [0.1, 0.15) is 27.0 Å². The van der Waals surface area contributed by atoms with E-state index in [1.54, 1.807) is 0 Å². The van der Waals surface area contributed by atoms with Crippen LogP contribution in [-0.4, -0.2) is 34.9 Å². The van der Waals surface area contributed by atoms with Crippen molar-refractivity contribution in [3.63, 3.8) is 0 Å². The second kappa shape index (κ2) is 4.94. The lowest BCUT2D eigenvalue weighted by Crippen LogP contribution is -2.41. The van der Waals surface area contributed by atoms with Crippen molar-refractivity contribution in [2.75, 3.05) is 13.2 Å². The first-order valence-corrected chi connectivity index (χ1v) is 6.40. The van der Waals surface area contributed by atoms with Crippen LogP contribution in [0.15, 0.2) is 12.1 Å². The summed E-state index contributed by atoms with van der Waals surface area (Å²) >= 11 is 6.19. The standard InChI is InChI=1S/C14H15ClO4/c1-8-5-9(2)11-10(6-8)7-14(15,12(11)17)13(18)19-4-3-16/h5-6,16H,3-4,7H2,1-2H3. The molecule has 0 heterocycles. The van der Waals surface area contributed by atoms with Gasteiger partial charge in [0.25, 0.3) is 0 Å². The number of aliphatic hydroxyl groups is 1. The lowest BCUT2D eigenvalue weighted by Gasteiger charge is -2.17. The number of carbonyl (C=O) groups excluding carboxylic acids is 2. The van der Waals surface area contributed by atoms with Gasteiger partial charge in [-0.3, -0.25) is 4.79 Å². The van der Waals surface area contributed by atoms with Crippen molar-refractivity contribution in [1.29, 1.82) is 0 Å². The summed E-state index contributed by atoms with van der Waals surface area (Å²) in [6.45, 7) is 3.30. The number of aliphatic hydroxyl groups excluding tert-OH is 1. The molecule has 0 radical (unpaired) electrons. The van der Waals surface area contributed by atoms with Crippen LogP contribution in [0.5, 0.6) is 0 Å². The number of esters is 1. The highest BCUT2D eigenvalue weighted by atomic mass is 35.5. The fourth-order valence-corrected chi connectivity index (χ4v) is 2.77. The summed E-state index contributed by atoms with van der Waals surface area (Å²) in [5, 5.41) is 8.66. The highest BCUT2D eigenvalue weighted by Gasteiger charge is 2.52. The van der Waals surface area contributed by atoms with Gasteiger partial charge in [0.1, 0.15) is 6.61 Å². The number of Topliss-reactive ketones (excluding diaryl/α,β-unsaturated/α-hetero) is 1. The lowest BCUT2D eigenvalue weighted by atomic mass is 10.0. The van der Waals surface area contributed by atoms with Gasteiger partial charge in [0.2, 0.25) is 4.87 Å². The molecule has 0 bridgehead atoms. The Kier molecular flexibility index (Phi) is 3.65. The molecule has 2 rings (SSSR count). The molecule has 19 heavy (non-hydrogen) atoms. The minimum atomic E-state index is -1.68. The number of fused-ring (bicyclic) bond motifs is 1. The average Bonchev–Trinajstić information content (AvgIpc) is 2.59. The van der Waals surface area contributed by atoms with Gasteiger partial charge in [0.05, 0.1) is 6.61 Å². The fourth-order valence-electron chi connectivity index (χ4n) is 2.48. The minimum absolute atomic E-state index is 0.134. The first kappa shape index (κ1) is 14.0. The van der Waals surface area contributed by atoms with Crippen molar-refractivity contribution in [3.05, 3.63) is 34.4 Å². The zero-order valence-corrected chi connectivity index (χ0v) is 11.6. The number of hydrogen-bond acceptors (Lipinski definition) is 4. The Hall–Kier alpha value is -1.39. The minimum Gasteiger partial charge on any atom is -0.462 e. The van der Waals surface area contributed by atoms with Gasteiger partial charge in [-0.2, -0.15) is 0 Å². The Bertz CT molecular complexity index is 553. The van der Waals surface area contributed by atoms with Crippen molar-refractivity contribution in [3.8, 4) is 0 Å². The van der Waals surface area contributed by atoms with Crippen LogP contribution in [0, 0.1) is 13.8 Å². The van der Waals surface area contributed by atoms with Crippen molar-refractivity contribution in [2.24, 2.45) is 0 Å². The Labute approximate surface area is 116 Å². The molecule has 102 valence electrons. The van der Waals surface area contributed by atoms with E-state index in [1.807, 2.05) is 26.0 Å². The maximum Gasteiger partial charge on any atom is 0.335 e. The quantitative estimate of drug-likeness (QED) is 0.519. The topological polar surface area (TPSA) is 63.6 Å². The smallest absolute Gasteiger partial charge is 0.335 e. The van der Waals surface area contributed by atoms with Crippen molar-refractivity contribution in [1.82, 2.24) is 0 Å². The van der Waals surface area contributed by atoms with Crippen LogP contribution in [0.2, 0.25) is 0 Å². The van der Waals surface area contributed by atoms with E-state index in [0.29, 0.717) is 5.56 Å². The summed E-state index contributed by atoms with van der Waals surface area (Å²) in [5.41, 5.74) is 3.13. The number of hydrogen-bond donors (Lipinski definition) is 1. The summed E-state index contributed by atoms with van der Waals surface area (Å²) < 4.78 is 4.81. The van der Waals surface area contributed by atoms with E-state index in [0.717, 1.165) is 16.7 Å². The number of ether oxygens (including phenoxy) is 1. The SMILES string of the molecule is Cc1cc(C)c2c(c1)CC(Cl)(C(=O)OCCO)C2=O. The second-order valence-electron chi connectivity index (χ2n) is 4.78. The molecular formula is C14H15ClO4. The predicted molar refractivity (Wildman–Crippen MR) is 70.6 cm³/mol. The molecule has 0 saturated carbocycles. The third kappa shape index (κ3) is 2.26. The molecule has 0 aliphatic heterocycles. The molecule has 1 aromatic rings. The predicted octanol–water partition coefficient (Wildman–Crippen LogP) is 1.56. The molecule has 1 aliphatic rings. The molecule has 0 aromatic heterocycles. The molecule has 1 N–H and O–H groups in total. The molecule has 5 heteroatoms. The monoisotopic (exact) mass is 282 g/mol. The molecular weight excluding hydrogens is 268 g/mol. The summed E-state index contributed by atoms with van der Waals surface area (Å²) in [7, 11) is 0. The lowest BCUT2D eigenvalue weighted by molar-refractivity contribution is -0.146. The largest absolute Gasteiger partial charge is 0.462 e. The van der Waals surface area contributed by atoms with Gasteiger partial charge in [-0.05, 0) is 25.0 Å². The maximum atomic E-state index is 12.4. The number of aryl methyl sites for hydroxylation is 2. The van der Waals surface area contributed by atoms with Gasteiger partial charge in [0, 0.05) is 12.0 Å². The van der Waals surface area contributed by atoms with Crippen molar-refractivity contribution in [2.45, 2.75) is 25.1 Å². The molecule has 1 aliphatic carbocycles. The van der Waals surface area contributed by atoms with Gasteiger partial charge >= 0.3 is 5.97 Å². The van der Waals surface area contributed by atoms with Gasteiger partial charge in [0.15, 0.2) is 5.78 Å². The Morgan fingerprint density at radius 3 is 2.79 bits per heavy atom. The highest BCUT2D eigenvalue weighted by Crippen LogP contribution is 2.38. The Morgan fingerprint density at radius 2 is 2.16 bits per heavy atom. The van der Waals surface area contributed by atoms with E-state index in [4.69, 9.17) is 21.4 Å². The van der Waals surface area contributed by atoms with E-state index in [-0.39, 0.29) is 19.6 Å². The van der Waals surface area contributed by atoms with Gasteiger partial charge < -0.3 is 9.84 Å². The molecule has 0 spiro atoms. The number of halogens is 1. The summed E-state index contributed by atoms with van der Waals surface area (Å²) in [5.74, 6) is -1.20. The fraction of sp³-hybridized carbons (Fsp3) is 0.429.